The zero-order valence-electron chi connectivity index (χ0n) is 30.1. The molecule has 1 aliphatic rings. The normalized spacial score (nSPS) is 15.1. The Bertz CT molecular complexity index is 2150. The molecule has 50 heavy (non-hydrogen) atoms. The van der Waals surface area contributed by atoms with Gasteiger partial charge in [-0.05, 0) is 98.1 Å². The molecule has 6 aromatic rings. The summed E-state index contributed by atoms with van der Waals surface area (Å²) in [6, 6.07) is 4.64. The Hall–Kier alpha value is -2.68. The summed E-state index contributed by atoms with van der Waals surface area (Å²) in [5.74, 6) is 0. The zero-order chi connectivity index (χ0) is 36.2. The summed E-state index contributed by atoms with van der Waals surface area (Å²) in [5.41, 5.74) is 6.43. The van der Waals surface area contributed by atoms with Crippen molar-refractivity contribution in [1.82, 2.24) is 43.8 Å². The Kier molecular flexibility index (Phi) is 11.8. The Morgan fingerprint density at radius 1 is 0.660 bits per heavy atom. The number of rotatable bonds is 3. The molecule has 0 bridgehead atoms. The van der Waals surface area contributed by atoms with Crippen LogP contribution in [0, 0.1) is 41.5 Å². The van der Waals surface area contributed by atoms with Gasteiger partial charge in [-0.2, -0.15) is 10.2 Å². The molecule has 0 aliphatic carbocycles. The minimum Gasteiger partial charge on any atom is -0.444 e. The SMILES string of the molecule is Cc1cn2nc(B(O)O)cc(C)c2n1.Cc1cn2nc(B3OC(C)(C)C(C)(C)O3)cc(C)c2n1.Cc1cn2nc([B-](F)(F)F)cc(C)c2n1.[K+]. The number of halogens is 3. The maximum absolute atomic E-state index is 12.5. The van der Waals surface area contributed by atoms with Crippen molar-refractivity contribution in [1.29, 1.82) is 0 Å². The average molecular weight is 717 g/mol. The van der Waals surface area contributed by atoms with E-state index in [4.69, 9.17) is 19.4 Å². The van der Waals surface area contributed by atoms with Crippen LogP contribution in [0.4, 0.5) is 12.9 Å². The number of aryl methyl sites for hydroxylation is 6. The number of hydrogen-bond acceptors (Lipinski definition) is 10. The van der Waals surface area contributed by atoms with E-state index in [0.29, 0.717) is 16.9 Å². The smallest absolute Gasteiger partial charge is 0.444 e. The summed E-state index contributed by atoms with van der Waals surface area (Å²) in [7, 11) is -1.98. The molecule has 258 valence electrons. The van der Waals surface area contributed by atoms with E-state index in [1.54, 1.807) is 35.1 Å². The van der Waals surface area contributed by atoms with Gasteiger partial charge in [-0.15, -0.1) is 0 Å². The van der Waals surface area contributed by atoms with Crippen LogP contribution in [0.15, 0.2) is 36.8 Å². The molecule has 1 fully saturated rings. The first-order chi connectivity index (χ1) is 22.6. The minimum absolute atomic E-state index is 0. The standard InChI is InChI=1S/C14H20BN3O2.C8H8BF3N3.C8H10BN3O2.K/c1-9-7-11(17-18-8-10(2)16-12(9)18)15-19-13(3,4)14(5,6)20-15;1-5-3-7(9(10,11)12)14-15-4-6(2)13-8(5)15;1-5-3-7(9(13)14)11-12-4-6(2)10-8(5)12;/h7-8H,1-6H3;3-4H,1-2H3;3-4,13-14H,1-2H3;/q;-1;;+1. The van der Waals surface area contributed by atoms with Gasteiger partial charge in [0.15, 0.2) is 16.9 Å². The maximum Gasteiger partial charge on any atom is 1.00 e. The van der Waals surface area contributed by atoms with Crippen molar-refractivity contribution in [3.05, 3.63) is 70.6 Å². The van der Waals surface area contributed by atoms with E-state index in [9.17, 15) is 12.9 Å². The first-order valence-electron chi connectivity index (χ1n) is 15.6. The van der Waals surface area contributed by atoms with Crippen molar-refractivity contribution >= 4 is 54.9 Å². The summed E-state index contributed by atoms with van der Waals surface area (Å²) >= 11 is 0. The van der Waals surface area contributed by atoms with Crippen LogP contribution in [0.3, 0.4) is 0 Å². The van der Waals surface area contributed by atoms with Crippen LogP contribution in [0.5, 0.6) is 0 Å². The van der Waals surface area contributed by atoms with E-state index in [1.807, 2.05) is 67.7 Å². The third-order valence-corrected chi connectivity index (χ3v) is 8.34. The van der Waals surface area contributed by atoms with Gasteiger partial charge in [-0.3, -0.25) is 0 Å². The molecule has 0 atom stereocenters. The molecular formula is C30H38B3F3KN9O4. The van der Waals surface area contributed by atoms with E-state index < -0.39 is 26.8 Å². The van der Waals surface area contributed by atoms with Gasteiger partial charge in [0.05, 0.1) is 58.1 Å². The van der Waals surface area contributed by atoms with Gasteiger partial charge < -0.3 is 32.3 Å². The third kappa shape index (κ3) is 8.50. The Morgan fingerprint density at radius 3 is 1.50 bits per heavy atom. The second kappa shape index (κ2) is 14.7. The quantitative estimate of drug-likeness (QED) is 0.220. The summed E-state index contributed by atoms with van der Waals surface area (Å²) in [5, 5.41) is 30.0. The third-order valence-electron chi connectivity index (χ3n) is 8.34. The maximum atomic E-state index is 12.5. The van der Waals surface area contributed by atoms with E-state index in [0.717, 1.165) is 45.5 Å². The van der Waals surface area contributed by atoms with Gasteiger partial charge in [0.2, 0.25) is 0 Å². The van der Waals surface area contributed by atoms with Crippen molar-refractivity contribution < 1.29 is 83.7 Å². The number of fused-ring (bicyclic) bond motifs is 3. The molecule has 13 nitrogen and oxygen atoms in total. The molecule has 0 spiro atoms. The Balaban J connectivity index is 0.000000170. The first-order valence-corrected chi connectivity index (χ1v) is 15.6. The molecule has 2 N–H and O–H groups in total. The molecular weight excluding hydrogens is 679 g/mol. The second-order valence-corrected chi connectivity index (χ2v) is 13.2. The number of nitrogens with zero attached hydrogens (tertiary/aromatic N) is 9. The van der Waals surface area contributed by atoms with Crippen molar-refractivity contribution in [2.24, 2.45) is 0 Å². The molecule has 0 radical (unpaired) electrons. The monoisotopic (exact) mass is 717 g/mol. The van der Waals surface area contributed by atoms with Crippen LogP contribution in [0.2, 0.25) is 0 Å². The van der Waals surface area contributed by atoms with Crippen molar-refractivity contribution in [3.8, 4) is 0 Å². The molecule has 0 saturated carbocycles. The van der Waals surface area contributed by atoms with Crippen LogP contribution >= 0.6 is 0 Å². The van der Waals surface area contributed by atoms with Crippen LogP contribution in [0.25, 0.3) is 16.9 Å². The number of imidazole rings is 3. The fourth-order valence-electron chi connectivity index (χ4n) is 5.18. The number of hydrogen-bond donors (Lipinski definition) is 2. The van der Waals surface area contributed by atoms with E-state index in [1.165, 1.54) is 10.7 Å². The van der Waals surface area contributed by atoms with Gasteiger partial charge in [-0.25, -0.2) is 33.6 Å². The van der Waals surface area contributed by atoms with Gasteiger partial charge in [-0.1, -0.05) is 6.07 Å². The van der Waals surface area contributed by atoms with Crippen molar-refractivity contribution in [2.75, 3.05) is 0 Å². The van der Waals surface area contributed by atoms with E-state index in [2.05, 4.69) is 30.2 Å². The largest absolute Gasteiger partial charge is 1.00 e. The zero-order valence-corrected chi connectivity index (χ0v) is 33.2. The molecule has 7 heterocycles. The molecule has 0 aromatic carbocycles. The number of aromatic nitrogens is 9. The first kappa shape index (κ1) is 40.1. The predicted octanol–water partition coefficient (Wildman–Crippen LogP) is -0.924. The molecule has 1 aliphatic heterocycles. The Labute approximate surface area is 330 Å². The topological polar surface area (TPSA) is 149 Å². The molecule has 6 aromatic heterocycles. The van der Waals surface area contributed by atoms with E-state index >= 15 is 0 Å². The van der Waals surface area contributed by atoms with Crippen molar-refractivity contribution in [3.63, 3.8) is 0 Å². The molecule has 1 saturated heterocycles. The molecule has 7 rings (SSSR count). The second-order valence-electron chi connectivity index (χ2n) is 13.2. The minimum atomic E-state index is -5.06. The summed E-state index contributed by atoms with van der Waals surface area (Å²) in [6.45, 7) is 14.1. The summed E-state index contributed by atoms with van der Waals surface area (Å²) < 4.78 is 54.0. The van der Waals surface area contributed by atoms with Crippen LogP contribution in [-0.4, -0.2) is 86.3 Å². The van der Waals surface area contributed by atoms with Gasteiger partial charge in [0.25, 0.3) is 0 Å². The van der Waals surface area contributed by atoms with E-state index in [-0.39, 0.29) is 68.2 Å². The van der Waals surface area contributed by atoms with Crippen LogP contribution in [0.1, 0.15) is 61.5 Å². The van der Waals surface area contributed by atoms with Gasteiger partial charge in [0, 0.05) is 5.59 Å². The molecule has 0 amide bonds. The molecule has 0 unspecified atom stereocenters. The summed E-state index contributed by atoms with van der Waals surface area (Å²) in [4.78, 5) is 12.8. The fraction of sp³-hybridized carbons (Fsp3) is 0.400. The van der Waals surface area contributed by atoms with Gasteiger partial charge in [0.1, 0.15) is 0 Å². The van der Waals surface area contributed by atoms with Crippen molar-refractivity contribution in [2.45, 2.75) is 80.4 Å². The Morgan fingerprint density at radius 2 is 1.06 bits per heavy atom. The molecule has 20 heteroatoms. The van der Waals surface area contributed by atoms with Crippen LogP contribution in [-0.2, 0) is 9.31 Å². The average Bonchev–Trinajstić information content (AvgIpc) is 3.71. The summed E-state index contributed by atoms with van der Waals surface area (Å²) in [6.07, 6.45) is 5.14. The predicted molar refractivity (Wildman–Crippen MR) is 182 cm³/mol. The van der Waals surface area contributed by atoms with Crippen LogP contribution < -0.4 is 68.2 Å². The van der Waals surface area contributed by atoms with Gasteiger partial charge >= 0.3 is 72.6 Å². The fourth-order valence-corrected chi connectivity index (χ4v) is 5.18.